The maximum Gasteiger partial charge on any atom is 0.0372 e. The highest BCUT2D eigenvalue weighted by Crippen LogP contribution is 2.16. The predicted molar refractivity (Wildman–Crippen MR) is 82.8 cm³/mol. The second-order valence-electron chi connectivity index (χ2n) is 5.55. The Bertz CT molecular complexity index is 372. The van der Waals surface area contributed by atoms with Gasteiger partial charge in [-0.15, -0.1) is 0 Å². The van der Waals surface area contributed by atoms with Gasteiger partial charge in [-0.3, -0.25) is 0 Å². The van der Waals surface area contributed by atoms with E-state index in [1.165, 1.54) is 30.9 Å². The minimum atomic E-state index is 0.683. The van der Waals surface area contributed by atoms with Crippen LogP contribution in [0.1, 0.15) is 19.4 Å². The van der Waals surface area contributed by atoms with E-state index in [1.54, 1.807) is 0 Å². The van der Waals surface area contributed by atoms with Crippen molar-refractivity contribution in [3.05, 3.63) is 29.8 Å². The van der Waals surface area contributed by atoms with Crippen LogP contribution in [0.3, 0.4) is 0 Å². The number of nitrogens with zero attached hydrogens (tertiary/aromatic N) is 1. The molecule has 1 aromatic carbocycles. The van der Waals surface area contributed by atoms with Crippen molar-refractivity contribution in [2.24, 2.45) is 5.92 Å². The molecule has 0 spiro atoms. The van der Waals surface area contributed by atoms with Gasteiger partial charge in [0.05, 0.1) is 0 Å². The second kappa shape index (κ2) is 7.51. The molecular weight excluding hydrogens is 234 g/mol. The molecule has 3 nitrogen and oxygen atoms in total. The first-order valence-electron chi connectivity index (χ1n) is 7.54. The third-order valence-electron chi connectivity index (χ3n) is 3.82. The molecule has 1 saturated heterocycles. The van der Waals surface area contributed by atoms with Crippen molar-refractivity contribution in [3.63, 3.8) is 0 Å². The Kier molecular flexibility index (Phi) is 5.67. The fourth-order valence-electron chi connectivity index (χ4n) is 2.68. The average molecular weight is 261 g/mol. The Balaban J connectivity index is 1.77. The van der Waals surface area contributed by atoms with Crippen LogP contribution in [-0.4, -0.2) is 44.2 Å². The first-order chi connectivity index (χ1) is 9.29. The molecule has 0 bridgehead atoms. The molecule has 1 heterocycles. The Morgan fingerprint density at radius 2 is 2.00 bits per heavy atom. The third-order valence-corrected chi connectivity index (χ3v) is 3.82. The lowest BCUT2D eigenvalue weighted by Gasteiger charge is -2.30. The molecule has 1 unspecified atom stereocenters. The summed E-state index contributed by atoms with van der Waals surface area (Å²) >= 11 is 0. The second-order valence-corrected chi connectivity index (χ2v) is 5.55. The number of anilines is 1. The number of aryl methyl sites for hydroxylation is 1. The van der Waals surface area contributed by atoms with Crippen LogP contribution in [0.4, 0.5) is 5.69 Å². The van der Waals surface area contributed by atoms with E-state index in [0.29, 0.717) is 5.92 Å². The monoisotopic (exact) mass is 261 g/mol. The number of para-hydroxylation sites is 1. The molecule has 0 aliphatic carbocycles. The van der Waals surface area contributed by atoms with Gasteiger partial charge in [-0.05, 0) is 24.0 Å². The summed E-state index contributed by atoms with van der Waals surface area (Å²) in [7, 11) is 0. The van der Waals surface area contributed by atoms with Crippen LogP contribution in [0.25, 0.3) is 0 Å². The van der Waals surface area contributed by atoms with Crippen molar-refractivity contribution >= 4 is 5.69 Å². The van der Waals surface area contributed by atoms with Crippen LogP contribution in [0.5, 0.6) is 0 Å². The van der Waals surface area contributed by atoms with Gasteiger partial charge in [0, 0.05) is 45.0 Å². The third kappa shape index (κ3) is 4.51. The van der Waals surface area contributed by atoms with Gasteiger partial charge in [0.2, 0.25) is 0 Å². The molecule has 0 saturated carbocycles. The van der Waals surface area contributed by atoms with Gasteiger partial charge < -0.3 is 15.5 Å². The standard InChI is InChI=1S/C16H27N3/c1-3-15-6-4-5-7-16(15)18-12-14(2)13-19-10-8-17-9-11-19/h4-7,14,17-18H,3,8-13H2,1-2H3. The molecule has 0 aromatic heterocycles. The van der Waals surface area contributed by atoms with E-state index in [0.717, 1.165) is 26.1 Å². The highest BCUT2D eigenvalue weighted by molar-refractivity contribution is 5.51. The molecule has 2 N–H and O–H groups in total. The van der Waals surface area contributed by atoms with Crippen molar-refractivity contribution in [2.45, 2.75) is 20.3 Å². The van der Waals surface area contributed by atoms with Crippen LogP contribution < -0.4 is 10.6 Å². The largest absolute Gasteiger partial charge is 0.385 e. The minimum Gasteiger partial charge on any atom is -0.385 e. The predicted octanol–water partition coefficient (Wildman–Crippen LogP) is 2.20. The Morgan fingerprint density at radius 3 is 2.74 bits per heavy atom. The van der Waals surface area contributed by atoms with Crippen molar-refractivity contribution in [2.75, 3.05) is 44.6 Å². The Morgan fingerprint density at radius 1 is 1.26 bits per heavy atom. The van der Waals surface area contributed by atoms with E-state index in [1.807, 2.05) is 0 Å². The van der Waals surface area contributed by atoms with E-state index in [9.17, 15) is 0 Å². The molecule has 3 heteroatoms. The Hall–Kier alpha value is -1.06. The summed E-state index contributed by atoms with van der Waals surface area (Å²) < 4.78 is 0. The summed E-state index contributed by atoms with van der Waals surface area (Å²) in [5.41, 5.74) is 2.72. The highest BCUT2D eigenvalue weighted by Gasteiger charge is 2.13. The normalized spacial score (nSPS) is 18.2. The molecule has 1 fully saturated rings. The van der Waals surface area contributed by atoms with E-state index >= 15 is 0 Å². The maximum atomic E-state index is 3.61. The molecule has 1 atom stereocenters. The zero-order valence-electron chi connectivity index (χ0n) is 12.3. The summed E-state index contributed by atoms with van der Waals surface area (Å²) in [6, 6.07) is 8.64. The fraction of sp³-hybridized carbons (Fsp3) is 0.625. The molecule has 1 aromatic rings. The van der Waals surface area contributed by atoms with Crippen molar-refractivity contribution < 1.29 is 0 Å². The smallest absolute Gasteiger partial charge is 0.0372 e. The van der Waals surface area contributed by atoms with E-state index < -0.39 is 0 Å². The molecule has 1 aliphatic rings. The van der Waals surface area contributed by atoms with Crippen molar-refractivity contribution in [1.29, 1.82) is 0 Å². The van der Waals surface area contributed by atoms with Gasteiger partial charge in [-0.1, -0.05) is 32.0 Å². The first-order valence-corrected chi connectivity index (χ1v) is 7.54. The molecule has 106 valence electrons. The lowest BCUT2D eigenvalue weighted by atomic mass is 10.1. The van der Waals surface area contributed by atoms with Crippen molar-refractivity contribution in [1.82, 2.24) is 10.2 Å². The molecule has 19 heavy (non-hydrogen) atoms. The van der Waals surface area contributed by atoms with Gasteiger partial charge in [-0.25, -0.2) is 0 Å². The topological polar surface area (TPSA) is 27.3 Å². The molecule has 0 radical (unpaired) electrons. The summed E-state index contributed by atoms with van der Waals surface area (Å²) in [6.45, 7) is 11.5. The maximum absolute atomic E-state index is 3.61. The van der Waals surface area contributed by atoms with Crippen LogP contribution in [-0.2, 0) is 6.42 Å². The summed E-state index contributed by atoms with van der Waals surface area (Å²) in [6.07, 6.45) is 1.09. The van der Waals surface area contributed by atoms with Gasteiger partial charge in [0.1, 0.15) is 0 Å². The van der Waals surface area contributed by atoms with Crippen LogP contribution in [0.2, 0.25) is 0 Å². The Labute approximate surface area is 117 Å². The van der Waals surface area contributed by atoms with E-state index in [4.69, 9.17) is 0 Å². The van der Waals surface area contributed by atoms with Gasteiger partial charge >= 0.3 is 0 Å². The van der Waals surface area contributed by atoms with Crippen molar-refractivity contribution in [3.8, 4) is 0 Å². The highest BCUT2D eigenvalue weighted by atomic mass is 15.2. The van der Waals surface area contributed by atoms with Crippen LogP contribution in [0, 0.1) is 5.92 Å². The summed E-state index contributed by atoms with van der Waals surface area (Å²) in [4.78, 5) is 2.56. The van der Waals surface area contributed by atoms with Gasteiger partial charge in [0.15, 0.2) is 0 Å². The molecule has 0 amide bonds. The van der Waals surface area contributed by atoms with Gasteiger partial charge in [0.25, 0.3) is 0 Å². The van der Waals surface area contributed by atoms with Gasteiger partial charge in [-0.2, -0.15) is 0 Å². The van der Waals surface area contributed by atoms with Crippen LogP contribution in [0.15, 0.2) is 24.3 Å². The van der Waals surface area contributed by atoms with Crippen LogP contribution >= 0.6 is 0 Å². The van der Waals surface area contributed by atoms with E-state index in [2.05, 4.69) is 53.6 Å². The SMILES string of the molecule is CCc1ccccc1NCC(C)CN1CCNCC1. The number of hydrogen-bond acceptors (Lipinski definition) is 3. The molecular formula is C16H27N3. The number of piperazine rings is 1. The number of nitrogens with one attached hydrogen (secondary N) is 2. The quantitative estimate of drug-likeness (QED) is 0.822. The fourth-order valence-corrected chi connectivity index (χ4v) is 2.68. The minimum absolute atomic E-state index is 0.683. The lowest BCUT2D eigenvalue weighted by Crippen LogP contribution is -2.45. The number of hydrogen-bond donors (Lipinski definition) is 2. The molecule has 1 aliphatic heterocycles. The summed E-state index contributed by atoms with van der Waals surface area (Å²) in [5.74, 6) is 0.683. The zero-order valence-corrected chi connectivity index (χ0v) is 12.3. The number of rotatable bonds is 6. The molecule has 2 rings (SSSR count). The van der Waals surface area contributed by atoms with E-state index in [-0.39, 0.29) is 0 Å². The summed E-state index contributed by atoms with van der Waals surface area (Å²) in [5, 5.41) is 7.01. The average Bonchev–Trinajstić information content (AvgIpc) is 2.46. The number of benzene rings is 1. The first kappa shape index (κ1) is 14.4. The zero-order chi connectivity index (χ0) is 13.5. The lowest BCUT2D eigenvalue weighted by molar-refractivity contribution is 0.215.